The Bertz CT molecular complexity index is 824. The fourth-order valence-electron chi connectivity index (χ4n) is 4.53. The highest BCUT2D eigenvalue weighted by atomic mass is 16.5. The van der Waals surface area contributed by atoms with Crippen LogP contribution in [0.15, 0.2) is 48.5 Å². The number of ether oxygens (including phenoxy) is 2. The zero-order valence-corrected chi connectivity index (χ0v) is 16.5. The van der Waals surface area contributed by atoms with Crippen molar-refractivity contribution in [3.63, 3.8) is 0 Å². The molecule has 146 valence electrons. The van der Waals surface area contributed by atoms with Gasteiger partial charge in [0.05, 0.1) is 25.2 Å². The molecule has 28 heavy (non-hydrogen) atoms. The van der Waals surface area contributed by atoms with Gasteiger partial charge in [0, 0.05) is 25.6 Å². The molecule has 2 aliphatic rings. The normalized spacial score (nSPS) is 22.9. The lowest BCUT2D eigenvalue weighted by atomic mass is 9.90. The van der Waals surface area contributed by atoms with Crippen LogP contribution < -0.4 is 9.47 Å². The van der Waals surface area contributed by atoms with Crippen molar-refractivity contribution in [3.05, 3.63) is 59.7 Å². The van der Waals surface area contributed by atoms with E-state index in [1.165, 1.54) is 24.0 Å². The van der Waals surface area contributed by atoms with Gasteiger partial charge in [0.2, 0.25) is 0 Å². The molecule has 2 aromatic carbocycles. The molecule has 4 rings (SSSR count). The van der Waals surface area contributed by atoms with Crippen molar-refractivity contribution < 1.29 is 9.47 Å². The highest BCUT2D eigenvalue weighted by Crippen LogP contribution is 2.39. The third-order valence-electron chi connectivity index (χ3n) is 6.02. The van der Waals surface area contributed by atoms with E-state index in [1.807, 2.05) is 12.1 Å². The Morgan fingerprint density at radius 2 is 1.82 bits per heavy atom. The van der Waals surface area contributed by atoms with Crippen molar-refractivity contribution in [2.75, 3.05) is 20.2 Å². The first-order valence-electron chi connectivity index (χ1n) is 10.3. The first-order chi connectivity index (χ1) is 13.8. The second-order valence-corrected chi connectivity index (χ2v) is 7.96. The van der Waals surface area contributed by atoms with Crippen LogP contribution in [0.1, 0.15) is 42.7 Å². The molecule has 0 aromatic heterocycles. The molecule has 0 unspecified atom stereocenters. The summed E-state index contributed by atoms with van der Waals surface area (Å²) in [5.74, 6) is 1.80. The second-order valence-electron chi connectivity index (χ2n) is 7.96. The van der Waals surface area contributed by atoms with E-state index in [0.717, 1.165) is 44.0 Å². The summed E-state index contributed by atoms with van der Waals surface area (Å²) >= 11 is 0. The highest BCUT2D eigenvalue weighted by molar-refractivity contribution is 5.45. The van der Waals surface area contributed by atoms with E-state index in [2.05, 4.69) is 47.4 Å². The molecule has 2 fully saturated rings. The van der Waals surface area contributed by atoms with Crippen molar-refractivity contribution >= 4 is 0 Å². The maximum atomic E-state index is 9.75. The van der Waals surface area contributed by atoms with Crippen molar-refractivity contribution in [1.82, 2.24) is 4.90 Å². The van der Waals surface area contributed by atoms with Crippen molar-refractivity contribution in [2.24, 2.45) is 5.92 Å². The molecule has 4 nitrogen and oxygen atoms in total. The van der Waals surface area contributed by atoms with Gasteiger partial charge in [0.15, 0.2) is 11.5 Å². The quantitative estimate of drug-likeness (QED) is 0.729. The molecule has 0 N–H and O–H groups in total. The van der Waals surface area contributed by atoms with Crippen molar-refractivity contribution in [2.45, 2.75) is 44.2 Å². The smallest absolute Gasteiger partial charge is 0.161 e. The van der Waals surface area contributed by atoms with Gasteiger partial charge in [0.1, 0.15) is 0 Å². The van der Waals surface area contributed by atoms with E-state index in [-0.39, 0.29) is 17.9 Å². The predicted molar refractivity (Wildman–Crippen MR) is 109 cm³/mol. The predicted octanol–water partition coefficient (Wildman–Crippen LogP) is 4.76. The second kappa shape index (κ2) is 8.67. The van der Waals surface area contributed by atoms with Gasteiger partial charge in [-0.05, 0) is 48.9 Å². The zero-order valence-electron chi connectivity index (χ0n) is 16.5. The number of hydrogen-bond donors (Lipinski definition) is 0. The van der Waals surface area contributed by atoms with E-state index in [0.29, 0.717) is 0 Å². The van der Waals surface area contributed by atoms with Gasteiger partial charge in [-0.25, -0.2) is 0 Å². The lowest BCUT2D eigenvalue weighted by Gasteiger charge is -2.20. The molecular weight excluding hydrogens is 348 g/mol. The van der Waals surface area contributed by atoms with Gasteiger partial charge in [-0.15, -0.1) is 0 Å². The summed E-state index contributed by atoms with van der Waals surface area (Å²) in [4.78, 5) is 2.38. The van der Waals surface area contributed by atoms with Crippen LogP contribution in [-0.2, 0) is 6.54 Å². The average molecular weight is 377 g/mol. The lowest BCUT2D eigenvalue weighted by molar-refractivity contribution is 0.200. The topological polar surface area (TPSA) is 45.5 Å². The van der Waals surface area contributed by atoms with Gasteiger partial charge in [0.25, 0.3) is 0 Å². The summed E-state index contributed by atoms with van der Waals surface area (Å²) in [5, 5.41) is 9.75. The molecule has 0 spiro atoms. The van der Waals surface area contributed by atoms with Crippen LogP contribution in [0.2, 0.25) is 0 Å². The fraction of sp³-hybridized carbons (Fsp3) is 0.458. The molecule has 2 atom stereocenters. The van der Waals surface area contributed by atoms with Gasteiger partial charge >= 0.3 is 0 Å². The first kappa shape index (κ1) is 18.8. The molecule has 0 radical (unpaired) electrons. The third kappa shape index (κ3) is 4.15. The number of hydrogen-bond acceptors (Lipinski definition) is 4. The molecule has 2 aromatic rings. The summed E-state index contributed by atoms with van der Waals surface area (Å²) in [5.41, 5.74) is 2.47. The van der Waals surface area contributed by atoms with Crippen LogP contribution in [0.4, 0.5) is 0 Å². The maximum absolute atomic E-state index is 9.75. The van der Waals surface area contributed by atoms with Gasteiger partial charge < -0.3 is 9.47 Å². The summed E-state index contributed by atoms with van der Waals surface area (Å²) in [6.45, 7) is 2.58. The Hall–Kier alpha value is -2.51. The Morgan fingerprint density at radius 1 is 1.04 bits per heavy atom. The minimum Gasteiger partial charge on any atom is -0.493 e. The summed E-state index contributed by atoms with van der Waals surface area (Å²) in [7, 11) is 1.69. The Kier molecular flexibility index (Phi) is 5.83. The van der Waals surface area contributed by atoms with Crippen LogP contribution >= 0.6 is 0 Å². The van der Waals surface area contributed by atoms with Crippen molar-refractivity contribution in [3.8, 4) is 17.6 Å². The monoisotopic (exact) mass is 376 g/mol. The summed E-state index contributed by atoms with van der Waals surface area (Å²) < 4.78 is 11.8. The largest absolute Gasteiger partial charge is 0.493 e. The van der Waals surface area contributed by atoms with E-state index < -0.39 is 0 Å². The summed E-state index contributed by atoms with van der Waals surface area (Å²) in [6.07, 6.45) is 4.99. The van der Waals surface area contributed by atoms with Crippen LogP contribution in [0, 0.1) is 17.2 Å². The van der Waals surface area contributed by atoms with E-state index in [4.69, 9.17) is 9.47 Å². The lowest BCUT2D eigenvalue weighted by Crippen LogP contribution is -2.20. The number of benzene rings is 2. The minimum absolute atomic E-state index is 0.00330. The number of likely N-dealkylation sites (tertiary alicyclic amines) is 1. The van der Waals surface area contributed by atoms with Gasteiger partial charge in [-0.3, -0.25) is 4.90 Å². The molecule has 1 aliphatic heterocycles. The Labute approximate surface area is 167 Å². The fourth-order valence-corrected chi connectivity index (χ4v) is 4.53. The molecule has 1 aliphatic carbocycles. The van der Waals surface area contributed by atoms with Crippen molar-refractivity contribution in [1.29, 1.82) is 5.26 Å². The molecule has 4 heteroatoms. The molecule has 1 saturated heterocycles. The number of methoxy groups -OCH3 is 1. The Balaban J connectivity index is 1.52. The van der Waals surface area contributed by atoms with Crippen LogP contribution in [0.25, 0.3) is 0 Å². The highest BCUT2D eigenvalue weighted by Gasteiger charge is 2.34. The van der Waals surface area contributed by atoms with Gasteiger partial charge in [-0.1, -0.05) is 36.4 Å². The zero-order chi connectivity index (χ0) is 19.3. The SMILES string of the molecule is COc1ccc([C@H]2CN(Cc3ccccc3)C[C@@H]2C#N)cc1OC1CCCC1. The van der Waals surface area contributed by atoms with E-state index >= 15 is 0 Å². The van der Waals surface area contributed by atoms with E-state index in [9.17, 15) is 5.26 Å². The standard InChI is InChI=1S/C24H28N2O2/c1-27-23-12-11-19(13-24(23)28-21-9-5-6-10-21)22-17-26(16-20(22)14-25)15-18-7-3-2-4-8-18/h2-4,7-8,11-13,20-22H,5-6,9-10,15-17H2,1H3/t20-,22+/m0/s1. The number of rotatable bonds is 6. The van der Waals surface area contributed by atoms with Crippen LogP contribution in [0.3, 0.4) is 0 Å². The van der Waals surface area contributed by atoms with E-state index in [1.54, 1.807) is 7.11 Å². The van der Waals surface area contributed by atoms with Crippen LogP contribution in [0.5, 0.6) is 11.5 Å². The Morgan fingerprint density at radius 3 is 2.54 bits per heavy atom. The number of nitrogens with zero attached hydrogens (tertiary/aromatic N) is 2. The molecule has 1 saturated carbocycles. The molecular formula is C24H28N2O2. The molecule has 0 bridgehead atoms. The summed E-state index contributed by atoms with van der Waals surface area (Å²) in [6, 6.07) is 19.2. The molecule has 0 amide bonds. The number of nitriles is 1. The minimum atomic E-state index is -0.00330. The van der Waals surface area contributed by atoms with Gasteiger partial charge in [-0.2, -0.15) is 5.26 Å². The average Bonchev–Trinajstić information content (AvgIpc) is 3.38. The van der Waals surface area contributed by atoms with Crippen LogP contribution in [-0.4, -0.2) is 31.2 Å². The molecule has 1 heterocycles. The first-order valence-corrected chi connectivity index (χ1v) is 10.3. The maximum Gasteiger partial charge on any atom is 0.161 e. The third-order valence-corrected chi connectivity index (χ3v) is 6.02.